The van der Waals surface area contributed by atoms with E-state index in [1.54, 1.807) is 29.2 Å². The Hall–Kier alpha value is -3.02. The van der Waals surface area contributed by atoms with E-state index in [4.69, 9.17) is 9.47 Å². The van der Waals surface area contributed by atoms with Gasteiger partial charge in [-0.05, 0) is 41.3 Å². The molecule has 154 valence electrons. The van der Waals surface area contributed by atoms with Gasteiger partial charge in [-0.1, -0.05) is 39.0 Å². The summed E-state index contributed by atoms with van der Waals surface area (Å²) in [7, 11) is 1.30. The fourth-order valence-corrected chi connectivity index (χ4v) is 3.12. The van der Waals surface area contributed by atoms with Crippen molar-refractivity contribution in [1.82, 2.24) is 4.90 Å². The van der Waals surface area contributed by atoms with Crippen molar-refractivity contribution < 1.29 is 23.8 Å². The van der Waals surface area contributed by atoms with Crippen LogP contribution in [0.2, 0.25) is 0 Å². The number of benzene rings is 2. The number of carbonyl (C=O) groups is 2. The Bertz CT molecular complexity index is 864. The number of amides is 1. The van der Waals surface area contributed by atoms with Gasteiger partial charge in [0.15, 0.2) is 6.61 Å². The summed E-state index contributed by atoms with van der Waals surface area (Å²) < 4.78 is 16.0. The molecule has 0 unspecified atom stereocenters. The maximum atomic E-state index is 12.6. The van der Waals surface area contributed by atoms with Crippen LogP contribution in [0.4, 0.5) is 0 Å². The number of hydrogen-bond acceptors (Lipinski definition) is 5. The van der Waals surface area contributed by atoms with Gasteiger partial charge in [-0.2, -0.15) is 0 Å². The standard InChI is InChI=1S/C23H27NO5/c1-23(2,3)19-7-5-6-8-20(19)29-18-13-24(14-18)22(26)16-9-11-17(12-10-16)28-15-21(25)27-4/h5-12,18H,13-15H2,1-4H3. The summed E-state index contributed by atoms with van der Waals surface area (Å²) in [5.41, 5.74) is 1.73. The fraction of sp³-hybridized carbons (Fsp3) is 0.391. The summed E-state index contributed by atoms with van der Waals surface area (Å²) in [6.45, 7) is 7.42. The average Bonchev–Trinajstić information content (AvgIpc) is 2.68. The molecule has 0 radical (unpaired) electrons. The summed E-state index contributed by atoms with van der Waals surface area (Å²) in [5.74, 6) is 0.887. The van der Waals surface area contributed by atoms with Crippen LogP contribution < -0.4 is 9.47 Å². The van der Waals surface area contributed by atoms with E-state index in [0.717, 1.165) is 11.3 Å². The number of para-hydroxylation sites is 1. The fourth-order valence-electron chi connectivity index (χ4n) is 3.12. The first-order valence-electron chi connectivity index (χ1n) is 9.63. The molecular formula is C23H27NO5. The van der Waals surface area contributed by atoms with Crippen molar-refractivity contribution in [1.29, 1.82) is 0 Å². The first-order valence-corrected chi connectivity index (χ1v) is 9.63. The van der Waals surface area contributed by atoms with Crippen molar-refractivity contribution in [3.8, 4) is 11.5 Å². The zero-order chi connectivity index (χ0) is 21.0. The third-order valence-electron chi connectivity index (χ3n) is 4.81. The van der Waals surface area contributed by atoms with Crippen molar-refractivity contribution in [2.75, 3.05) is 26.8 Å². The monoisotopic (exact) mass is 397 g/mol. The molecule has 1 fully saturated rings. The van der Waals surface area contributed by atoms with Crippen LogP contribution in [-0.4, -0.2) is 49.7 Å². The smallest absolute Gasteiger partial charge is 0.343 e. The number of ether oxygens (including phenoxy) is 3. The second kappa shape index (κ2) is 8.55. The van der Waals surface area contributed by atoms with Gasteiger partial charge in [0.2, 0.25) is 0 Å². The van der Waals surface area contributed by atoms with Crippen LogP contribution in [-0.2, 0) is 14.9 Å². The molecule has 1 heterocycles. The van der Waals surface area contributed by atoms with Gasteiger partial charge in [0.05, 0.1) is 20.2 Å². The lowest BCUT2D eigenvalue weighted by Crippen LogP contribution is -2.56. The van der Waals surface area contributed by atoms with Crippen LogP contribution in [0.1, 0.15) is 36.7 Å². The Morgan fingerprint density at radius 2 is 1.69 bits per heavy atom. The minimum atomic E-state index is -0.454. The summed E-state index contributed by atoms with van der Waals surface area (Å²) in [5, 5.41) is 0. The van der Waals surface area contributed by atoms with Gasteiger partial charge in [0.1, 0.15) is 17.6 Å². The minimum absolute atomic E-state index is 0.00642. The molecule has 0 aromatic heterocycles. The molecule has 6 nitrogen and oxygen atoms in total. The van der Waals surface area contributed by atoms with E-state index in [1.165, 1.54) is 7.11 Å². The molecule has 0 atom stereocenters. The number of methoxy groups -OCH3 is 1. The predicted molar refractivity (Wildman–Crippen MR) is 109 cm³/mol. The number of carbonyl (C=O) groups excluding carboxylic acids is 2. The quantitative estimate of drug-likeness (QED) is 0.699. The van der Waals surface area contributed by atoms with Crippen molar-refractivity contribution >= 4 is 11.9 Å². The zero-order valence-electron chi connectivity index (χ0n) is 17.3. The van der Waals surface area contributed by atoms with Crippen molar-refractivity contribution in [2.24, 2.45) is 0 Å². The second-order valence-electron chi connectivity index (χ2n) is 8.09. The maximum absolute atomic E-state index is 12.6. The molecule has 1 aliphatic rings. The predicted octanol–water partition coefficient (Wildman–Crippen LogP) is 3.44. The first-order chi connectivity index (χ1) is 13.8. The van der Waals surface area contributed by atoms with Crippen LogP contribution in [0.5, 0.6) is 11.5 Å². The highest BCUT2D eigenvalue weighted by Gasteiger charge is 2.33. The Morgan fingerprint density at radius 3 is 2.31 bits per heavy atom. The summed E-state index contributed by atoms with van der Waals surface area (Å²) >= 11 is 0. The number of esters is 1. The second-order valence-corrected chi connectivity index (χ2v) is 8.09. The largest absolute Gasteiger partial charge is 0.486 e. The Kier molecular flexibility index (Phi) is 6.11. The van der Waals surface area contributed by atoms with Gasteiger partial charge in [-0.3, -0.25) is 4.79 Å². The van der Waals surface area contributed by atoms with Crippen molar-refractivity contribution in [2.45, 2.75) is 32.3 Å². The number of rotatable bonds is 6. The molecule has 0 bridgehead atoms. The van der Waals surface area contributed by atoms with Crippen LogP contribution in [0.25, 0.3) is 0 Å². The minimum Gasteiger partial charge on any atom is -0.486 e. The third-order valence-corrected chi connectivity index (χ3v) is 4.81. The molecule has 1 aliphatic heterocycles. The van der Waals surface area contributed by atoms with E-state index < -0.39 is 5.97 Å². The Morgan fingerprint density at radius 1 is 1.03 bits per heavy atom. The van der Waals surface area contributed by atoms with E-state index >= 15 is 0 Å². The lowest BCUT2D eigenvalue weighted by atomic mass is 9.86. The molecule has 3 rings (SSSR count). The molecule has 0 aliphatic carbocycles. The zero-order valence-corrected chi connectivity index (χ0v) is 17.3. The third kappa shape index (κ3) is 5.08. The Labute approximate surface area is 171 Å². The highest BCUT2D eigenvalue weighted by molar-refractivity contribution is 5.95. The van der Waals surface area contributed by atoms with Gasteiger partial charge < -0.3 is 19.1 Å². The molecule has 0 N–H and O–H groups in total. The highest BCUT2D eigenvalue weighted by Crippen LogP contribution is 2.32. The normalized spacial score (nSPS) is 14.1. The number of likely N-dealkylation sites (tertiary alicyclic amines) is 1. The van der Waals surface area contributed by atoms with Gasteiger partial charge in [-0.15, -0.1) is 0 Å². The van der Waals surface area contributed by atoms with E-state index in [1.807, 2.05) is 18.2 Å². The molecule has 0 spiro atoms. The molecule has 1 amide bonds. The van der Waals surface area contributed by atoms with Crippen molar-refractivity contribution in [3.05, 3.63) is 59.7 Å². The average molecular weight is 397 g/mol. The van der Waals surface area contributed by atoms with Crippen LogP contribution >= 0.6 is 0 Å². The summed E-state index contributed by atoms with van der Waals surface area (Å²) in [6.07, 6.45) is -0.00915. The van der Waals surface area contributed by atoms with Crippen molar-refractivity contribution in [3.63, 3.8) is 0 Å². The van der Waals surface area contributed by atoms with E-state index in [9.17, 15) is 9.59 Å². The molecule has 2 aromatic rings. The van der Waals surface area contributed by atoms with E-state index in [-0.39, 0.29) is 24.0 Å². The van der Waals surface area contributed by atoms with Gasteiger partial charge in [0.25, 0.3) is 5.91 Å². The number of nitrogens with zero attached hydrogens (tertiary/aromatic N) is 1. The molecule has 2 aromatic carbocycles. The van der Waals surface area contributed by atoms with Crippen LogP contribution in [0.3, 0.4) is 0 Å². The summed E-state index contributed by atoms with van der Waals surface area (Å²) in [4.78, 5) is 25.5. The Balaban J connectivity index is 1.54. The topological polar surface area (TPSA) is 65.1 Å². The SMILES string of the molecule is COC(=O)COc1ccc(C(=O)N2CC(Oc3ccccc3C(C)(C)C)C2)cc1. The molecule has 6 heteroatoms. The lowest BCUT2D eigenvalue weighted by Gasteiger charge is -2.39. The molecule has 1 saturated heterocycles. The van der Waals surface area contributed by atoms with E-state index in [2.05, 4.69) is 31.6 Å². The van der Waals surface area contributed by atoms with Gasteiger partial charge in [-0.25, -0.2) is 4.79 Å². The molecule has 29 heavy (non-hydrogen) atoms. The maximum Gasteiger partial charge on any atom is 0.343 e. The highest BCUT2D eigenvalue weighted by atomic mass is 16.6. The first kappa shape index (κ1) is 20.7. The van der Waals surface area contributed by atoms with Gasteiger partial charge in [0, 0.05) is 5.56 Å². The molecule has 0 saturated carbocycles. The lowest BCUT2D eigenvalue weighted by molar-refractivity contribution is -0.142. The molecular weight excluding hydrogens is 370 g/mol. The summed E-state index contributed by atoms with van der Waals surface area (Å²) in [6, 6.07) is 14.8. The van der Waals surface area contributed by atoms with E-state index in [0.29, 0.717) is 24.4 Å². The van der Waals surface area contributed by atoms with Gasteiger partial charge >= 0.3 is 5.97 Å². The van der Waals surface area contributed by atoms with Crippen LogP contribution in [0, 0.1) is 0 Å². The number of hydrogen-bond donors (Lipinski definition) is 0. The van der Waals surface area contributed by atoms with Crippen LogP contribution in [0.15, 0.2) is 48.5 Å².